The molecule has 12 heavy (non-hydrogen) atoms. The zero-order valence-electron chi connectivity index (χ0n) is 8.55. The van der Waals surface area contributed by atoms with Gasteiger partial charge in [-0.25, -0.2) is 4.79 Å². The first-order chi connectivity index (χ1) is 5.35. The van der Waals surface area contributed by atoms with Crippen LogP contribution in [0.1, 0.15) is 6.92 Å². The summed E-state index contributed by atoms with van der Waals surface area (Å²) in [5.41, 5.74) is 0. The molecule has 0 saturated heterocycles. The van der Waals surface area contributed by atoms with Gasteiger partial charge < -0.3 is 14.5 Å². The normalized spacial score (nSPS) is 13.8. The molecule has 0 rings (SSSR count). The van der Waals surface area contributed by atoms with Crippen molar-refractivity contribution in [1.29, 1.82) is 0 Å². The van der Waals surface area contributed by atoms with Gasteiger partial charge in [0.1, 0.15) is 12.6 Å². The highest BCUT2D eigenvalue weighted by Gasteiger charge is 2.16. The summed E-state index contributed by atoms with van der Waals surface area (Å²) in [7, 11) is 7.73. The number of hydrogen-bond acceptors (Lipinski definition) is 2. The number of likely N-dealkylation sites (N-methyl/N-ethyl adjacent to an activating group) is 1. The molecule has 1 atom stereocenters. The lowest BCUT2D eigenvalue weighted by Gasteiger charge is -2.26. The van der Waals surface area contributed by atoms with E-state index in [0.29, 0.717) is 0 Å². The van der Waals surface area contributed by atoms with Gasteiger partial charge in [0, 0.05) is 7.05 Å². The molecule has 1 amide bonds. The van der Waals surface area contributed by atoms with Gasteiger partial charge in [0.05, 0.1) is 21.1 Å². The minimum atomic E-state index is -0.365. The standard InChI is InChI=1S/C8H18N2O2/c1-7(6-10(3,4)5)12-8(11)9-2/h7H,6H2,1-5H3/p+1. The van der Waals surface area contributed by atoms with Crippen LogP contribution in [0.2, 0.25) is 0 Å². The number of ether oxygens (including phenoxy) is 1. The highest BCUT2D eigenvalue weighted by Crippen LogP contribution is 1.98. The van der Waals surface area contributed by atoms with Crippen LogP contribution in [0.3, 0.4) is 0 Å². The lowest BCUT2D eigenvalue weighted by atomic mass is 10.3. The van der Waals surface area contributed by atoms with Gasteiger partial charge in [-0.15, -0.1) is 0 Å². The summed E-state index contributed by atoms with van der Waals surface area (Å²) in [5.74, 6) is 0. The lowest BCUT2D eigenvalue weighted by molar-refractivity contribution is -0.873. The van der Waals surface area contributed by atoms with E-state index in [4.69, 9.17) is 4.74 Å². The first-order valence-electron chi connectivity index (χ1n) is 4.04. The van der Waals surface area contributed by atoms with E-state index in [1.807, 2.05) is 6.92 Å². The summed E-state index contributed by atoms with van der Waals surface area (Å²) in [6.07, 6.45) is -0.416. The van der Waals surface area contributed by atoms with Crippen molar-refractivity contribution in [3.8, 4) is 0 Å². The van der Waals surface area contributed by atoms with E-state index in [9.17, 15) is 4.79 Å². The number of nitrogens with zero attached hydrogens (tertiary/aromatic N) is 1. The van der Waals surface area contributed by atoms with Gasteiger partial charge in [-0.1, -0.05) is 0 Å². The smallest absolute Gasteiger partial charge is 0.407 e. The van der Waals surface area contributed by atoms with Crippen LogP contribution >= 0.6 is 0 Å². The third kappa shape index (κ3) is 5.97. The molecule has 0 bridgehead atoms. The Balaban J connectivity index is 3.74. The molecule has 0 aromatic carbocycles. The average molecular weight is 175 g/mol. The van der Waals surface area contributed by atoms with Gasteiger partial charge >= 0.3 is 6.09 Å². The third-order valence-corrected chi connectivity index (χ3v) is 1.32. The van der Waals surface area contributed by atoms with Crippen LogP contribution in [0.15, 0.2) is 0 Å². The van der Waals surface area contributed by atoms with Crippen LogP contribution in [0, 0.1) is 0 Å². The molecule has 4 heteroatoms. The SMILES string of the molecule is CNC(=O)OC(C)C[N+](C)(C)C. The lowest BCUT2D eigenvalue weighted by Crippen LogP contribution is -2.42. The van der Waals surface area contributed by atoms with Gasteiger partial charge in [0.2, 0.25) is 0 Å². The Morgan fingerprint density at radius 3 is 2.33 bits per heavy atom. The summed E-state index contributed by atoms with van der Waals surface area (Å²) < 4.78 is 5.80. The molecule has 72 valence electrons. The second kappa shape index (κ2) is 4.30. The summed E-state index contributed by atoms with van der Waals surface area (Å²) >= 11 is 0. The van der Waals surface area contributed by atoms with Gasteiger partial charge in [0.15, 0.2) is 0 Å². The largest absolute Gasteiger partial charge is 0.441 e. The fraction of sp³-hybridized carbons (Fsp3) is 0.875. The van der Waals surface area contributed by atoms with Crippen LogP contribution in [-0.2, 0) is 4.74 Å². The van der Waals surface area contributed by atoms with Crippen LogP contribution in [-0.4, -0.2) is 51.4 Å². The van der Waals surface area contributed by atoms with Crippen molar-refractivity contribution in [2.24, 2.45) is 0 Å². The number of rotatable bonds is 3. The highest BCUT2D eigenvalue weighted by molar-refractivity contribution is 5.66. The quantitative estimate of drug-likeness (QED) is 0.632. The second-order valence-electron chi connectivity index (χ2n) is 3.94. The minimum absolute atomic E-state index is 0.0510. The molecule has 0 aliphatic carbocycles. The van der Waals surface area contributed by atoms with Crippen molar-refractivity contribution in [2.45, 2.75) is 13.0 Å². The molecule has 0 aliphatic rings. The number of amides is 1. The van der Waals surface area contributed by atoms with Crippen LogP contribution < -0.4 is 5.32 Å². The Morgan fingerprint density at radius 2 is 2.00 bits per heavy atom. The fourth-order valence-electron chi connectivity index (χ4n) is 1.05. The molecular formula is C8H19N2O2+. The maximum atomic E-state index is 10.8. The van der Waals surface area contributed by atoms with Crippen molar-refractivity contribution in [1.82, 2.24) is 5.32 Å². The average Bonchev–Trinajstić information content (AvgIpc) is 1.82. The van der Waals surface area contributed by atoms with Crippen molar-refractivity contribution >= 4 is 6.09 Å². The molecule has 0 aromatic heterocycles. The van der Waals surface area contributed by atoms with Crippen molar-refractivity contribution in [3.05, 3.63) is 0 Å². The van der Waals surface area contributed by atoms with Gasteiger partial charge in [-0.05, 0) is 6.92 Å². The van der Waals surface area contributed by atoms with Gasteiger partial charge in [0.25, 0.3) is 0 Å². The second-order valence-corrected chi connectivity index (χ2v) is 3.94. The summed E-state index contributed by atoms with van der Waals surface area (Å²) in [6, 6.07) is 0. The Bertz CT molecular complexity index is 152. The number of hydrogen-bond donors (Lipinski definition) is 1. The van der Waals surface area contributed by atoms with E-state index in [2.05, 4.69) is 26.5 Å². The molecule has 0 aromatic rings. The molecule has 1 unspecified atom stereocenters. The molecule has 0 saturated carbocycles. The van der Waals surface area contributed by atoms with Crippen LogP contribution in [0.25, 0.3) is 0 Å². The third-order valence-electron chi connectivity index (χ3n) is 1.32. The van der Waals surface area contributed by atoms with E-state index in [1.165, 1.54) is 0 Å². The Labute approximate surface area is 74.1 Å². The molecule has 0 fully saturated rings. The first-order valence-corrected chi connectivity index (χ1v) is 4.04. The van der Waals surface area contributed by atoms with Crippen molar-refractivity contribution in [2.75, 3.05) is 34.7 Å². The van der Waals surface area contributed by atoms with Crippen molar-refractivity contribution < 1.29 is 14.0 Å². The van der Waals surface area contributed by atoms with E-state index in [0.717, 1.165) is 11.0 Å². The molecule has 4 nitrogen and oxygen atoms in total. The topological polar surface area (TPSA) is 38.3 Å². The summed E-state index contributed by atoms with van der Waals surface area (Å²) in [4.78, 5) is 10.8. The predicted molar refractivity (Wildman–Crippen MR) is 47.9 cm³/mol. The number of nitrogens with one attached hydrogen (secondary N) is 1. The Morgan fingerprint density at radius 1 is 1.50 bits per heavy atom. The van der Waals surface area contributed by atoms with E-state index < -0.39 is 0 Å². The van der Waals surface area contributed by atoms with Crippen LogP contribution in [0.4, 0.5) is 4.79 Å². The van der Waals surface area contributed by atoms with E-state index in [1.54, 1.807) is 7.05 Å². The first kappa shape index (κ1) is 11.2. The van der Waals surface area contributed by atoms with Gasteiger partial charge in [-0.3, -0.25) is 0 Å². The molecule has 0 heterocycles. The Hall–Kier alpha value is -0.770. The number of carbonyl (C=O) groups excluding carboxylic acids is 1. The molecule has 0 radical (unpaired) electrons. The molecule has 0 aliphatic heterocycles. The molecule has 1 N–H and O–H groups in total. The van der Waals surface area contributed by atoms with Crippen molar-refractivity contribution in [3.63, 3.8) is 0 Å². The number of alkyl carbamates (subject to hydrolysis) is 1. The number of carbonyl (C=O) groups is 1. The fourth-order valence-corrected chi connectivity index (χ4v) is 1.05. The highest BCUT2D eigenvalue weighted by atomic mass is 16.6. The zero-order valence-corrected chi connectivity index (χ0v) is 8.55. The minimum Gasteiger partial charge on any atom is -0.441 e. The van der Waals surface area contributed by atoms with Crippen LogP contribution in [0.5, 0.6) is 0 Å². The predicted octanol–water partition coefficient (Wildman–Crippen LogP) is 0.437. The number of quaternary nitrogens is 1. The summed E-state index contributed by atoms with van der Waals surface area (Å²) in [5, 5.41) is 2.41. The maximum Gasteiger partial charge on any atom is 0.407 e. The van der Waals surface area contributed by atoms with E-state index >= 15 is 0 Å². The monoisotopic (exact) mass is 175 g/mol. The molecular weight excluding hydrogens is 156 g/mol. The maximum absolute atomic E-state index is 10.8. The van der Waals surface area contributed by atoms with E-state index in [-0.39, 0.29) is 12.2 Å². The van der Waals surface area contributed by atoms with Gasteiger partial charge in [-0.2, -0.15) is 0 Å². The Kier molecular flexibility index (Phi) is 4.03. The zero-order chi connectivity index (χ0) is 9.78. The molecule has 0 spiro atoms. The summed E-state index contributed by atoms with van der Waals surface area (Å²) in [6.45, 7) is 2.70.